The number of carboxylic acid groups (broad SMARTS) is 1. The van der Waals surface area contributed by atoms with Gasteiger partial charge in [-0.05, 0) is 25.5 Å². The van der Waals surface area contributed by atoms with Gasteiger partial charge in [0.15, 0.2) is 5.65 Å². The van der Waals surface area contributed by atoms with Crippen molar-refractivity contribution in [1.29, 1.82) is 0 Å². The van der Waals surface area contributed by atoms with Gasteiger partial charge < -0.3 is 10.1 Å². The summed E-state index contributed by atoms with van der Waals surface area (Å²) in [6.45, 7) is 4.25. The van der Waals surface area contributed by atoms with Gasteiger partial charge in [-0.1, -0.05) is 24.3 Å². The minimum Gasteiger partial charge on any atom is -0.478 e. The Balaban J connectivity index is 2.12. The zero-order chi connectivity index (χ0) is 18.8. The van der Waals surface area contributed by atoms with Gasteiger partial charge in [-0.15, -0.1) is 0 Å². The van der Waals surface area contributed by atoms with Crippen molar-refractivity contribution in [3.63, 3.8) is 0 Å². The maximum Gasteiger partial charge on any atom is 0.332 e. The van der Waals surface area contributed by atoms with Crippen LogP contribution in [0.25, 0.3) is 28.6 Å². The molecule has 8 heteroatoms. The van der Waals surface area contributed by atoms with Crippen LogP contribution in [0, 0.1) is 0 Å². The molecule has 134 valence electrons. The molecule has 0 bridgehead atoms. The average Bonchev–Trinajstić information content (AvgIpc) is 3.06. The van der Waals surface area contributed by atoms with Gasteiger partial charge in [0.05, 0.1) is 0 Å². The summed E-state index contributed by atoms with van der Waals surface area (Å²) in [5.41, 5.74) is 1.31. The van der Waals surface area contributed by atoms with Crippen LogP contribution in [0.5, 0.6) is 0 Å². The number of hydrogen-bond acceptors (Lipinski definition) is 4. The fourth-order valence-electron chi connectivity index (χ4n) is 2.79. The number of aliphatic carboxylic acids is 1. The molecule has 0 atom stereocenters. The number of fused-ring (bicyclic) bond motifs is 1. The molecule has 0 unspecified atom stereocenters. The molecule has 2 aromatic heterocycles. The quantitative estimate of drug-likeness (QED) is 0.678. The summed E-state index contributed by atoms with van der Waals surface area (Å²) >= 11 is 0. The predicted octanol–water partition coefficient (Wildman–Crippen LogP) is 1.69. The first kappa shape index (κ1) is 17.4. The van der Waals surface area contributed by atoms with Crippen molar-refractivity contribution in [1.82, 2.24) is 19.1 Å². The van der Waals surface area contributed by atoms with Crippen LogP contribution >= 0.6 is 0 Å². The largest absolute Gasteiger partial charge is 0.478 e. The van der Waals surface area contributed by atoms with Crippen LogP contribution in [0.3, 0.4) is 0 Å². The molecule has 8 nitrogen and oxygen atoms in total. The zero-order valence-corrected chi connectivity index (χ0v) is 14.4. The standard InChI is InChI=1S/C18H18N4O4/c1-3-21-16-14(17(25)22(4-2)18(21)26)19-15(20-16)12-8-5-11(6-9-12)7-10-13(23)24/h5-10H,3-4H2,1-2H3,(H,19,20)(H,23,24). The first-order chi connectivity index (χ1) is 12.5. The number of imidazole rings is 1. The van der Waals surface area contributed by atoms with E-state index in [9.17, 15) is 14.4 Å². The lowest BCUT2D eigenvalue weighted by Crippen LogP contribution is -2.39. The number of aromatic nitrogens is 4. The Morgan fingerprint density at radius 1 is 1.15 bits per heavy atom. The molecule has 0 saturated carbocycles. The number of nitrogens with zero attached hydrogens (tertiary/aromatic N) is 3. The minimum absolute atomic E-state index is 0.284. The van der Waals surface area contributed by atoms with Crippen molar-refractivity contribution < 1.29 is 9.90 Å². The third-order valence-corrected chi connectivity index (χ3v) is 4.10. The van der Waals surface area contributed by atoms with E-state index in [2.05, 4.69) is 9.97 Å². The maximum atomic E-state index is 12.5. The molecule has 0 aliphatic rings. The van der Waals surface area contributed by atoms with Crippen LogP contribution in [0.4, 0.5) is 0 Å². The average molecular weight is 354 g/mol. The first-order valence-electron chi connectivity index (χ1n) is 8.21. The van der Waals surface area contributed by atoms with Gasteiger partial charge in [0.1, 0.15) is 11.3 Å². The second-order valence-corrected chi connectivity index (χ2v) is 5.65. The van der Waals surface area contributed by atoms with Crippen molar-refractivity contribution in [2.75, 3.05) is 0 Å². The fraction of sp³-hybridized carbons (Fsp3) is 0.222. The Bertz CT molecular complexity index is 1120. The Hall–Kier alpha value is -3.42. The third kappa shape index (κ3) is 2.97. The summed E-state index contributed by atoms with van der Waals surface area (Å²) in [7, 11) is 0. The van der Waals surface area contributed by atoms with E-state index >= 15 is 0 Å². The highest BCUT2D eigenvalue weighted by molar-refractivity contribution is 5.85. The Kier molecular flexibility index (Phi) is 4.57. The second kappa shape index (κ2) is 6.83. The van der Waals surface area contributed by atoms with Gasteiger partial charge in [-0.2, -0.15) is 0 Å². The number of rotatable bonds is 5. The van der Waals surface area contributed by atoms with Crippen LogP contribution in [0.1, 0.15) is 19.4 Å². The van der Waals surface area contributed by atoms with E-state index in [4.69, 9.17) is 5.11 Å². The summed E-state index contributed by atoms with van der Waals surface area (Å²) in [6.07, 6.45) is 2.54. The van der Waals surface area contributed by atoms with Gasteiger partial charge in [-0.25, -0.2) is 14.6 Å². The molecule has 2 N–H and O–H groups in total. The van der Waals surface area contributed by atoms with E-state index in [1.807, 2.05) is 6.92 Å². The van der Waals surface area contributed by atoms with Crippen molar-refractivity contribution >= 4 is 23.2 Å². The molecule has 0 saturated heterocycles. The monoisotopic (exact) mass is 354 g/mol. The van der Waals surface area contributed by atoms with E-state index in [0.717, 1.165) is 17.2 Å². The maximum absolute atomic E-state index is 12.5. The van der Waals surface area contributed by atoms with Crippen molar-refractivity contribution in [3.8, 4) is 11.4 Å². The van der Waals surface area contributed by atoms with Crippen LogP contribution in [-0.4, -0.2) is 30.2 Å². The van der Waals surface area contributed by atoms with E-state index < -0.39 is 11.5 Å². The molecule has 2 heterocycles. The first-order valence-corrected chi connectivity index (χ1v) is 8.21. The molecule has 3 aromatic rings. The van der Waals surface area contributed by atoms with Gasteiger partial charge in [0, 0.05) is 24.7 Å². The summed E-state index contributed by atoms with van der Waals surface area (Å²) < 4.78 is 2.64. The molecule has 26 heavy (non-hydrogen) atoms. The fourth-order valence-corrected chi connectivity index (χ4v) is 2.79. The Morgan fingerprint density at radius 2 is 1.81 bits per heavy atom. The molecule has 0 aliphatic carbocycles. The number of carbonyl (C=O) groups is 1. The van der Waals surface area contributed by atoms with Crippen molar-refractivity contribution in [3.05, 3.63) is 56.7 Å². The van der Waals surface area contributed by atoms with Gasteiger partial charge in [0.2, 0.25) is 0 Å². The highest BCUT2D eigenvalue weighted by atomic mass is 16.4. The lowest BCUT2D eigenvalue weighted by atomic mass is 10.1. The lowest BCUT2D eigenvalue weighted by Gasteiger charge is -2.06. The third-order valence-electron chi connectivity index (χ3n) is 4.10. The number of hydrogen-bond donors (Lipinski definition) is 2. The SMILES string of the molecule is CCn1c(=O)c2[nH]c(-c3ccc(C=CC(=O)O)cc3)nc2n(CC)c1=O. The number of H-pyrrole nitrogens is 1. The molecular formula is C18H18N4O4. The molecule has 0 aliphatic heterocycles. The lowest BCUT2D eigenvalue weighted by molar-refractivity contribution is -0.131. The van der Waals surface area contributed by atoms with Crippen LogP contribution in [0.2, 0.25) is 0 Å². The minimum atomic E-state index is -1.02. The second-order valence-electron chi connectivity index (χ2n) is 5.65. The van der Waals surface area contributed by atoms with E-state index in [0.29, 0.717) is 18.0 Å². The number of benzene rings is 1. The normalized spacial score (nSPS) is 11.5. The highest BCUT2D eigenvalue weighted by Crippen LogP contribution is 2.19. The topological polar surface area (TPSA) is 110 Å². The number of carboxylic acids is 1. The highest BCUT2D eigenvalue weighted by Gasteiger charge is 2.16. The predicted molar refractivity (Wildman–Crippen MR) is 98.1 cm³/mol. The number of nitrogens with one attached hydrogen (secondary N) is 1. The van der Waals surface area contributed by atoms with Crippen LogP contribution in [-0.2, 0) is 17.9 Å². The summed E-state index contributed by atoms with van der Waals surface area (Å²) in [5, 5.41) is 8.67. The van der Waals surface area contributed by atoms with Crippen molar-refractivity contribution in [2.24, 2.45) is 0 Å². The zero-order valence-electron chi connectivity index (χ0n) is 14.4. The summed E-state index contributed by atoms with van der Waals surface area (Å²) in [4.78, 5) is 42.9. The van der Waals surface area contributed by atoms with Crippen LogP contribution < -0.4 is 11.2 Å². The molecule has 3 rings (SSSR count). The number of aryl methyl sites for hydroxylation is 1. The number of aromatic amines is 1. The van der Waals surface area contributed by atoms with E-state index in [1.54, 1.807) is 31.2 Å². The van der Waals surface area contributed by atoms with Gasteiger partial charge in [0.25, 0.3) is 5.56 Å². The van der Waals surface area contributed by atoms with Crippen LogP contribution in [0.15, 0.2) is 39.9 Å². The molecule has 0 spiro atoms. The summed E-state index contributed by atoms with van der Waals surface area (Å²) in [5.74, 6) is -0.544. The molecule has 1 aromatic carbocycles. The van der Waals surface area contributed by atoms with Gasteiger partial charge >= 0.3 is 11.7 Å². The van der Waals surface area contributed by atoms with Crippen molar-refractivity contribution in [2.45, 2.75) is 26.9 Å². The Labute approximate surface area is 148 Å². The summed E-state index contributed by atoms with van der Waals surface area (Å²) in [6, 6.07) is 7.04. The molecule has 0 amide bonds. The van der Waals surface area contributed by atoms with Gasteiger partial charge in [-0.3, -0.25) is 13.9 Å². The van der Waals surface area contributed by atoms with E-state index in [1.165, 1.54) is 15.2 Å². The molecule has 0 radical (unpaired) electrons. The smallest absolute Gasteiger partial charge is 0.332 e. The molecule has 0 fully saturated rings. The van der Waals surface area contributed by atoms with E-state index in [-0.39, 0.29) is 17.8 Å². The molecular weight excluding hydrogens is 336 g/mol. The Morgan fingerprint density at radius 3 is 2.38 bits per heavy atom.